The van der Waals surface area contributed by atoms with Crippen molar-refractivity contribution in [3.05, 3.63) is 78.6 Å². The Bertz CT molecular complexity index is 988. The number of nitrogens with one attached hydrogen (secondary N) is 1. The molecule has 30 heavy (non-hydrogen) atoms. The number of rotatable bonds is 10. The number of amides is 1. The molecule has 2 aromatic carbocycles. The normalized spacial score (nSPS) is 11.7. The molecule has 0 fully saturated rings. The zero-order valence-electron chi connectivity index (χ0n) is 17.2. The molecule has 1 amide bonds. The molecule has 1 aromatic heterocycles. The van der Waals surface area contributed by atoms with E-state index in [1.165, 1.54) is 11.8 Å². The molecule has 3 aromatic rings. The predicted molar refractivity (Wildman–Crippen MR) is 121 cm³/mol. The van der Waals surface area contributed by atoms with Crippen LogP contribution in [0.4, 0.5) is 5.69 Å². The summed E-state index contributed by atoms with van der Waals surface area (Å²) >= 11 is 1.35. The van der Waals surface area contributed by atoms with Crippen molar-refractivity contribution in [3.63, 3.8) is 0 Å². The molecule has 0 aliphatic heterocycles. The van der Waals surface area contributed by atoms with Gasteiger partial charge in [0, 0.05) is 12.2 Å². The van der Waals surface area contributed by atoms with Crippen molar-refractivity contribution in [2.45, 2.75) is 38.1 Å². The maximum Gasteiger partial charge on any atom is 0.234 e. The molecular weight excluding hydrogens is 396 g/mol. The molecule has 0 radical (unpaired) electrons. The first-order chi connectivity index (χ1) is 14.6. The van der Waals surface area contributed by atoms with Crippen molar-refractivity contribution < 1.29 is 9.53 Å². The minimum atomic E-state index is -0.292. The van der Waals surface area contributed by atoms with Gasteiger partial charge in [-0.3, -0.25) is 9.36 Å². The summed E-state index contributed by atoms with van der Waals surface area (Å²) in [6.07, 6.45) is 2.35. The van der Waals surface area contributed by atoms with E-state index in [9.17, 15) is 4.79 Å². The van der Waals surface area contributed by atoms with Crippen molar-refractivity contribution in [1.29, 1.82) is 0 Å². The average Bonchev–Trinajstić information content (AvgIpc) is 3.16. The van der Waals surface area contributed by atoms with Crippen LogP contribution in [0, 0.1) is 0 Å². The van der Waals surface area contributed by atoms with Crippen molar-refractivity contribution in [2.75, 3.05) is 11.1 Å². The van der Waals surface area contributed by atoms with Gasteiger partial charge in [-0.15, -0.1) is 16.8 Å². The monoisotopic (exact) mass is 422 g/mol. The zero-order chi connectivity index (χ0) is 21.3. The van der Waals surface area contributed by atoms with Crippen LogP contribution in [-0.4, -0.2) is 26.4 Å². The van der Waals surface area contributed by atoms with Gasteiger partial charge in [0.2, 0.25) is 5.91 Å². The molecule has 1 N–H and O–H groups in total. The molecule has 0 aliphatic rings. The van der Waals surface area contributed by atoms with E-state index in [0.717, 1.165) is 23.4 Å². The molecule has 3 rings (SSSR count). The van der Waals surface area contributed by atoms with Crippen LogP contribution in [0.1, 0.15) is 31.3 Å². The third-order valence-corrected chi connectivity index (χ3v) is 5.45. The minimum Gasteiger partial charge on any atom is -0.483 e. The second-order valence-electron chi connectivity index (χ2n) is 6.66. The number of benzene rings is 2. The summed E-state index contributed by atoms with van der Waals surface area (Å²) in [7, 11) is 0. The number of allylic oxidation sites excluding steroid dienone is 1. The first-order valence-electron chi connectivity index (χ1n) is 9.88. The quantitative estimate of drug-likeness (QED) is 0.372. The number of hydrogen-bond donors (Lipinski definition) is 1. The molecule has 0 unspecified atom stereocenters. The molecule has 6 nitrogen and oxygen atoms in total. The first kappa shape index (κ1) is 21.6. The van der Waals surface area contributed by atoms with Gasteiger partial charge in [-0.1, -0.05) is 61.2 Å². The van der Waals surface area contributed by atoms with Gasteiger partial charge in [0.25, 0.3) is 0 Å². The highest BCUT2D eigenvalue weighted by atomic mass is 32.2. The number of aromatic nitrogens is 3. The van der Waals surface area contributed by atoms with Gasteiger partial charge >= 0.3 is 0 Å². The second-order valence-corrected chi connectivity index (χ2v) is 7.60. The average molecular weight is 423 g/mol. The van der Waals surface area contributed by atoms with Crippen LogP contribution in [0.5, 0.6) is 5.75 Å². The number of anilines is 1. The van der Waals surface area contributed by atoms with Crippen molar-refractivity contribution in [3.8, 4) is 5.75 Å². The Kier molecular flexibility index (Phi) is 7.68. The number of para-hydroxylation sites is 2. The SMILES string of the molecule is C=CCn1c(SCC(=O)Nc2ccccc2CC)nnc1[C@@H](C)Oc1ccccc1. The first-order valence-corrected chi connectivity index (χ1v) is 10.9. The van der Waals surface area contributed by atoms with E-state index in [1.54, 1.807) is 6.08 Å². The van der Waals surface area contributed by atoms with Crippen LogP contribution in [0.3, 0.4) is 0 Å². The lowest BCUT2D eigenvalue weighted by Crippen LogP contribution is -2.16. The number of hydrogen-bond acceptors (Lipinski definition) is 5. The Morgan fingerprint density at radius 1 is 1.20 bits per heavy atom. The van der Waals surface area contributed by atoms with Crippen LogP contribution in [-0.2, 0) is 17.8 Å². The van der Waals surface area contributed by atoms with Crippen LogP contribution in [0.25, 0.3) is 0 Å². The van der Waals surface area contributed by atoms with E-state index in [4.69, 9.17) is 4.74 Å². The summed E-state index contributed by atoms with van der Waals surface area (Å²) in [5, 5.41) is 12.2. The Hall–Kier alpha value is -3.06. The van der Waals surface area contributed by atoms with Crippen molar-refractivity contribution in [2.24, 2.45) is 0 Å². The molecular formula is C23H26N4O2S. The fourth-order valence-electron chi connectivity index (χ4n) is 3.03. The highest BCUT2D eigenvalue weighted by molar-refractivity contribution is 7.99. The van der Waals surface area contributed by atoms with Gasteiger partial charge in [-0.05, 0) is 37.1 Å². The Balaban J connectivity index is 1.67. The fraction of sp³-hybridized carbons (Fsp3) is 0.261. The lowest BCUT2D eigenvalue weighted by atomic mass is 10.1. The topological polar surface area (TPSA) is 69.0 Å². The molecule has 0 bridgehead atoms. The lowest BCUT2D eigenvalue weighted by molar-refractivity contribution is -0.113. The standard InChI is InChI=1S/C23H26N4O2S/c1-4-15-27-22(17(3)29-19-12-7-6-8-13-19)25-26-23(27)30-16-21(28)24-20-14-10-9-11-18(20)5-2/h4,6-14,17H,1,5,15-16H2,2-3H3,(H,24,28)/t17-/m1/s1. The summed E-state index contributed by atoms with van der Waals surface area (Å²) in [4.78, 5) is 12.5. The molecule has 7 heteroatoms. The van der Waals surface area contributed by atoms with Crippen molar-refractivity contribution >= 4 is 23.4 Å². The fourth-order valence-corrected chi connectivity index (χ4v) is 3.79. The third-order valence-electron chi connectivity index (χ3n) is 4.48. The van der Waals surface area contributed by atoms with Gasteiger partial charge in [-0.2, -0.15) is 0 Å². The lowest BCUT2D eigenvalue weighted by Gasteiger charge is -2.15. The maximum absolute atomic E-state index is 12.5. The highest BCUT2D eigenvalue weighted by Crippen LogP contribution is 2.25. The second kappa shape index (κ2) is 10.6. The van der Waals surface area contributed by atoms with E-state index < -0.39 is 0 Å². The minimum absolute atomic E-state index is 0.0795. The summed E-state index contributed by atoms with van der Waals surface area (Å²) in [6.45, 7) is 8.36. The van der Waals surface area contributed by atoms with E-state index in [-0.39, 0.29) is 17.8 Å². The number of carbonyl (C=O) groups excluding carboxylic acids is 1. The van der Waals surface area contributed by atoms with Crippen LogP contribution < -0.4 is 10.1 Å². The smallest absolute Gasteiger partial charge is 0.234 e. The van der Waals surface area contributed by atoms with E-state index in [2.05, 4.69) is 29.0 Å². The highest BCUT2D eigenvalue weighted by Gasteiger charge is 2.20. The molecule has 0 spiro atoms. The summed E-state index contributed by atoms with van der Waals surface area (Å²) < 4.78 is 7.91. The molecule has 0 saturated carbocycles. The summed E-state index contributed by atoms with van der Waals surface area (Å²) in [5.74, 6) is 1.62. The molecule has 0 saturated heterocycles. The van der Waals surface area contributed by atoms with Gasteiger partial charge < -0.3 is 10.1 Å². The Morgan fingerprint density at radius 3 is 2.67 bits per heavy atom. The Morgan fingerprint density at radius 2 is 1.93 bits per heavy atom. The molecule has 1 heterocycles. The van der Waals surface area contributed by atoms with Gasteiger partial charge in [0.15, 0.2) is 17.1 Å². The van der Waals surface area contributed by atoms with Crippen LogP contribution >= 0.6 is 11.8 Å². The van der Waals surface area contributed by atoms with Gasteiger partial charge in [0.05, 0.1) is 5.75 Å². The van der Waals surface area contributed by atoms with Crippen LogP contribution in [0.2, 0.25) is 0 Å². The molecule has 156 valence electrons. The Labute approximate surface area is 181 Å². The number of nitrogens with zero attached hydrogens (tertiary/aromatic N) is 3. The van der Waals surface area contributed by atoms with Crippen molar-refractivity contribution in [1.82, 2.24) is 14.8 Å². The van der Waals surface area contributed by atoms with Gasteiger partial charge in [-0.25, -0.2) is 0 Å². The van der Waals surface area contributed by atoms with Gasteiger partial charge in [0.1, 0.15) is 5.75 Å². The van der Waals surface area contributed by atoms with E-state index in [0.29, 0.717) is 17.5 Å². The largest absolute Gasteiger partial charge is 0.483 e. The number of thioether (sulfide) groups is 1. The van der Waals surface area contributed by atoms with Crippen LogP contribution in [0.15, 0.2) is 72.4 Å². The number of aryl methyl sites for hydroxylation is 1. The van der Waals surface area contributed by atoms with E-state index in [1.807, 2.05) is 66.1 Å². The zero-order valence-corrected chi connectivity index (χ0v) is 18.1. The maximum atomic E-state index is 12.5. The summed E-state index contributed by atoms with van der Waals surface area (Å²) in [5.41, 5.74) is 1.96. The molecule has 0 aliphatic carbocycles. The summed E-state index contributed by atoms with van der Waals surface area (Å²) in [6, 6.07) is 17.4. The molecule has 1 atom stereocenters. The number of ether oxygens (including phenoxy) is 1. The third kappa shape index (κ3) is 5.51. The predicted octanol–water partition coefficient (Wildman–Crippen LogP) is 4.90. The van der Waals surface area contributed by atoms with E-state index >= 15 is 0 Å². The number of carbonyl (C=O) groups is 1.